The number of aliphatic hydroxyl groups excluding tert-OH is 2. The molecule has 0 heterocycles. The molecular weight excluding hydrogens is 392 g/mol. The van der Waals surface area contributed by atoms with Gasteiger partial charge in [-0.05, 0) is 0 Å². The van der Waals surface area contributed by atoms with Crippen LogP contribution in [0.4, 0.5) is 0 Å². The van der Waals surface area contributed by atoms with Gasteiger partial charge in [0.15, 0.2) is 0 Å². The zero-order chi connectivity index (χ0) is 21.7. The highest BCUT2D eigenvalue weighted by Gasteiger charge is 2.32. The van der Waals surface area contributed by atoms with Crippen LogP contribution >= 0.6 is 11.8 Å². The molecule has 11 heteroatoms. The molecule has 0 aromatic carbocycles. The molecule has 0 aliphatic carbocycles. The molecule has 0 fully saturated rings. The first-order chi connectivity index (χ1) is 13.1. The fourth-order valence-electron chi connectivity index (χ4n) is 1.89. The molecule has 28 heavy (non-hydrogen) atoms. The standard InChI is InChI=1S/C17H30N2O8S/c1-17(2,10-20)14(23)15(24)19-6-5-12(21)18-7-8-28-11(16(25)27-4)9-13(22)26-3/h11,14,20,23H,5-10H2,1-4H3,(H,18,21)(H,19,24). The Kier molecular flexibility index (Phi) is 12.5. The van der Waals surface area contributed by atoms with Gasteiger partial charge in [0.1, 0.15) is 11.4 Å². The number of amides is 2. The Morgan fingerprint density at radius 3 is 2.25 bits per heavy atom. The first-order valence-electron chi connectivity index (χ1n) is 8.68. The minimum Gasteiger partial charge on any atom is -0.469 e. The lowest BCUT2D eigenvalue weighted by atomic mass is 9.87. The third-order valence-corrected chi connectivity index (χ3v) is 5.04. The molecule has 0 aromatic rings. The van der Waals surface area contributed by atoms with Gasteiger partial charge in [-0.25, -0.2) is 0 Å². The maximum absolute atomic E-state index is 11.8. The van der Waals surface area contributed by atoms with Gasteiger partial charge in [-0.1, -0.05) is 13.8 Å². The largest absolute Gasteiger partial charge is 0.469 e. The molecule has 0 aromatic heterocycles. The number of methoxy groups -OCH3 is 2. The molecule has 0 aliphatic heterocycles. The summed E-state index contributed by atoms with van der Waals surface area (Å²) >= 11 is 1.16. The minimum absolute atomic E-state index is 0.00523. The maximum Gasteiger partial charge on any atom is 0.319 e. The van der Waals surface area contributed by atoms with Crippen LogP contribution in [0.25, 0.3) is 0 Å². The molecule has 4 N–H and O–H groups in total. The number of thioether (sulfide) groups is 1. The summed E-state index contributed by atoms with van der Waals surface area (Å²) in [7, 11) is 2.45. The van der Waals surface area contributed by atoms with Crippen molar-refractivity contribution in [3.05, 3.63) is 0 Å². The number of hydrogen-bond donors (Lipinski definition) is 4. The molecule has 2 unspecified atom stereocenters. The van der Waals surface area contributed by atoms with Gasteiger partial charge >= 0.3 is 11.9 Å². The number of carbonyl (C=O) groups is 4. The summed E-state index contributed by atoms with van der Waals surface area (Å²) in [5.74, 6) is -1.69. The zero-order valence-electron chi connectivity index (χ0n) is 16.6. The topological polar surface area (TPSA) is 151 Å². The molecule has 0 saturated carbocycles. The normalized spacial score (nSPS) is 13.2. The number of nitrogens with one attached hydrogen (secondary N) is 2. The second-order valence-electron chi connectivity index (χ2n) is 6.60. The lowest BCUT2D eigenvalue weighted by Gasteiger charge is -2.27. The van der Waals surface area contributed by atoms with Crippen molar-refractivity contribution in [1.29, 1.82) is 0 Å². The third kappa shape index (κ3) is 9.90. The molecule has 2 amide bonds. The van der Waals surface area contributed by atoms with Crippen LogP contribution in [0.15, 0.2) is 0 Å². The van der Waals surface area contributed by atoms with Gasteiger partial charge in [0.25, 0.3) is 0 Å². The summed E-state index contributed by atoms with van der Waals surface area (Å²) in [5.41, 5.74) is -0.982. The number of ether oxygens (including phenoxy) is 2. The summed E-state index contributed by atoms with van der Waals surface area (Å²) in [6, 6.07) is 0. The molecule has 10 nitrogen and oxygen atoms in total. The van der Waals surface area contributed by atoms with Gasteiger partial charge in [-0.3, -0.25) is 19.2 Å². The van der Waals surface area contributed by atoms with Crippen molar-refractivity contribution in [1.82, 2.24) is 10.6 Å². The average Bonchev–Trinajstić information content (AvgIpc) is 2.68. The van der Waals surface area contributed by atoms with E-state index in [0.717, 1.165) is 11.8 Å². The Morgan fingerprint density at radius 2 is 1.71 bits per heavy atom. The van der Waals surface area contributed by atoms with Gasteiger partial charge in [-0.15, -0.1) is 11.8 Å². The van der Waals surface area contributed by atoms with Crippen molar-refractivity contribution in [2.24, 2.45) is 5.41 Å². The van der Waals surface area contributed by atoms with Gasteiger partial charge < -0.3 is 30.3 Å². The Balaban J connectivity index is 4.14. The first-order valence-corrected chi connectivity index (χ1v) is 9.73. The fourth-order valence-corrected chi connectivity index (χ4v) is 2.88. The lowest BCUT2D eigenvalue weighted by Crippen LogP contribution is -2.46. The SMILES string of the molecule is COC(=O)CC(SCCNC(=O)CCNC(=O)C(O)C(C)(C)CO)C(=O)OC. The van der Waals surface area contributed by atoms with E-state index >= 15 is 0 Å². The first kappa shape index (κ1) is 26.1. The molecule has 162 valence electrons. The monoisotopic (exact) mass is 422 g/mol. The van der Waals surface area contributed by atoms with Crippen LogP contribution in [0, 0.1) is 5.41 Å². The molecule has 0 radical (unpaired) electrons. The highest BCUT2D eigenvalue weighted by molar-refractivity contribution is 8.00. The molecular formula is C17H30N2O8S. The van der Waals surface area contributed by atoms with Gasteiger partial charge in [0.05, 0.1) is 27.2 Å². The van der Waals surface area contributed by atoms with E-state index in [9.17, 15) is 24.3 Å². The van der Waals surface area contributed by atoms with E-state index < -0.39 is 34.6 Å². The molecule has 0 bridgehead atoms. The molecule has 0 spiro atoms. The fraction of sp³-hybridized carbons (Fsp3) is 0.765. The molecule has 0 aliphatic rings. The van der Waals surface area contributed by atoms with Gasteiger partial charge in [-0.2, -0.15) is 0 Å². The summed E-state index contributed by atoms with van der Waals surface area (Å²) < 4.78 is 9.16. The molecule has 2 atom stereocenters. The van der Waals surface area contributed by atoms with E-state index in [1.807, 2.05) is 0 Å². The van der Waals surface area contributed by atoms with Crippen LogP contribution in [0.2, 0.25) is 0 Å². The summed E-state index contributed by atoms with van der Waals surface area (Å²) in [5, 5.41) is 23.3. The smallest absolute Gasteiger partial charge is 0.319 e. The van der Waals surface area contributed by atoms with Gasteiger partial charge in [0, 0.05) is 30.7 Å². The number of rotatable bonds is 13. The van der Waals surface area contributed by atoms with Crippen LogP contribution in [-0.4, -0.2) is 85.0 Å². The van der Waals surface area contributed by atoms with Crippen molar-refractivity contribution >= 4 is 35.5 Å². The summed E-state index contributed by atoms with van der Waals surface area (Å²) in [6.45, 7) is 3.02. The molecule has 0 saturated heterocycles. The summed E-state index contributed by atoms with van der Waals surface area (Å²) in [4.78, 5) is 46.5. The van der Waals surface area contributed by atoms with E-state index in [1.54, 1.807) is 13.8 Å². The second-order valence-corrected chi connectivity index (χ2v) is 7.91. The van der Waals surface area contributed by atoms with E-state index in [2.05, 4.69) is 20.1 Å². The van der Waals surface area contributed by atoms with Crippen molar-refractivity contribution < 1.29 is 38.9 Å². The Hall–Kier alpha value is -1.85. The Labute approximate surface area is 168 Å². The van der Waals surface area contributed by atoms with Crippen molar-refractivity contribution in [3.63, 3.8) is 0 Å². The lowest BCUT2D eigenvalue weighted by molar-refractivity contribution is -0.146. The Morgan fingerprint density at radius 1 is 1.07 bits per heavy atom. The van der Waals surface area contributed by atoms with E-state index in [-0.39, 0.29) is 38.4 Å². The average molecular weight is 423 g/mol. The van der Waals surface area contributed by atoms with E-state index in [0.29, 0.717) is 5.75 Å². The van der Waals surface area contributed by atoms with Crippen LogP contribution in [0.5, 0.6) is 0 Å². The quantitative estimate of drug-likeness (QED) is 0.212. The third-order valence-electron chi connectivity index (χ3n) is 3.83. The second kappa shape index (κ2) is 13.3. The van der Waals surface area contributed by atoms with E-state index in [4.69, 9.17) is 5.11 Å². The number of aliphatic hydroxyl groups is 2. The van der Waals surface area contributed by atoms with Crippen molar-refractivity contribution in [3.8, 4) is 0 Å². The van der Waals surface area contributed by atoms with Crippen LogP contribution in [0.3, 0.4) is 0 Å². The predicted molar refractivity (Wildman–Crippen MR) is 102 cm³/mol. The maximum atomic E-state index is 11.8. The van der Waals surface area contributed by atoms with Crippen LogP contribution in [0.1, 0.15) is 26.7 Å². The van der Waals surface area contributed by atoms with Crippen LogP contribution < -0.4 is 10.6 Å². The summed E-state index contributed by atoms with van der Waals surface area (Å²) in [6.07, 6.45) is -1.51. The number of carbonyl (C=O) groups excluding carboxylic acids is 4. The van der Waals surface area contributed by atoms with Crippen molar-refractivity contribution in [2.45, 2.75) is 38.0 Å². The van der Waals surface area contributed by atoms with Crippen LogP contribution in [-0.2, 0) is 28.7 Å². The zero-order valence-corrected chi connectivity index (χ0v) is 17.5. The van der Waals surface area contributed by atoms with Gasteiger partial charge in [0.2, 0.25) is 11.8 Å². The predicted octanol–water partition coefficient (Wildman–Crippen LogP) is -1.17. The van der Waals surface area contributed by atoms with Crippen molar-refractivity contribution in [2.75, 3.05) is 39.7 Å². The Bertz CT molecular complexity index is 541. The minimum atomic E-state index is -1.39. The highest BCUT2D eigenvalue weighted by Crippen LogP contribution is 2.19. The molecule has 0 rings (SSSR count). The highest BCUT2D eigenvalue weighted by atomic mass is 32.2. The number of hydrogen-bond acceptors (Lipinski definition) is 9. The number of esters is 2. The van der Waals surface area contributed by atoms with E-state index in [1.165, 1.54) is 14.2 Å².